The van der Waals surface area contributed by atoms with E-state index in [1.165, 1.54) is 0 Å². The highest BCUT2D eigenvalue weighted by molar-refractivity contribution is 7.80. The quantitative estimate of drug-likeness (QED) is 0.649. The molecule has 2 aliphatic rings. The van der Waals surface area contributed by atoms with E-state index in [9.17, 15) is 4.79 Å². The minimum absolute atomic E-state index is 0.0410. The van der Waals surface area contributed by atoms with Gasteiger partial charge in [0.2, 0.25) is 6.79 Å². The summed E-state index contributed by atoms with van der Waals surface area (Å²) in [6, 6.07) is 13.7. The summed E-state index contributed by atoms with van der Waals surface area (Å²) in [6.07, 6.45) is 1.73. The van der Waals surface area contributed by atoms with Gasteiger partial charge in [0.15, 0.2) is 16.6 Å². The standard InChI is InChI=1S/C20H20N4O3S/c25-19-22-15-3-1-2-4-16(15)24(19)14-7-9-23(10-8-14)20(28)21-13-5-6-17-18(11-13)27-12-26-17/h1-6,11,14H,7-10,12H2,(H,21,28)(H,22,25). The van der Waals surface area contributed by atoms with Crippen molar-refractivity contribution in [1.29, 1.82) is 0 Å². The Morgan fingerprint density at radius 2 is 1.89 bits per heavy atom. The lowest BCUT2D eigenvalue weighted by Gasteiger charge is -2.34. The molecule has 2 aromatic carbocycles. The number of rotatable bonds is 2. The summed E-state index contributed by atoms with van der Waals surface area (Å²) in [7, 11) is 0. The first-order valence-corrected chi connectivity index (χ1v) is 9.75. The number of aromatic amines is 1. The molecule has 3 heterocycles. The van der Waals surface area contributed by atoms with Gasteiger partial charge in [-0.3, -0.25) is 4.57 Å². The molecule has 1 aromatic heterocycles. The first-order valence-electron chi connectivity index (χ1n) is 9.34. The molecule has 28 heavy (non-hydrogen) atoms. The van der Waals surface area contributed by atoms with Gasteiger partial charge in [-0.2, -0.15) is 0 Å². The Morgan fingerprint density at radius 1 is 1.11 bits per heavy atom. The van der Waals surface area contributed by atoms with Gasteiger partial charge in [-0.1, -0.05) is 12.1 Å². The van der Waals surface area contributed by atoms with Crippen LogP contribution in [0.15, 0.2) is 47.3 Å². The number of nitrogens with zero attached hydrogens (tertiary/aromatic N) is 2. The molecule has 0 spiro atoms. The zero-order valence-corrected chi connectivity index (χ0v) is 16.0. The molecule has 0 saturated carbocycles. The third kappa shape index (κ3) is 2.99. The number of anilines is 1. The largest absolute Gasteiger partial charge is 0.454 e. The number of piperidine rings is 1. The molecular weight excluding hydrogens is 376 g/mol. The Balaban J connectivity index is 1.26. The molecule has 0 atom stereocenters. The zero-order valence-electron chi connectivity index (χ0n) is 15.2. The molecule has 5 rings (SSSR count). The molecule has 0 unspecified atom stereocenters. The minimum atomic E-state index is -0.0410. The lowest BCUT2D eigenvalue weighted by Crippen LogP contribution is -2.42. The van der Waals surface area contributed by atoms with E-state index >= 15 is 0 Å². The Labute approximate surface area is 166 Å². The van der Waals surface area contributed by atoms with Crippen molar-refractivity contribution >= 4 is 34.1 Å². The second kappa shape index (κ2) is 6.87. The van der Waals surface area contributed by atoms with Crippen LogP contribution in [-0.4, -0.2) is 39.4 Å². The molecule has 1 saturated heterocycles. The van der Waals surface area contributed by atoms with E-state index in [-0.39, 0.29) is 18.5 Å². The molecular formula is C20H20N4O3S. The molecule has 0 radical (unpaired) electrons. The van der Waals surface area contributed by atoms with Crippen LogP contribution < -0.4 is 20.5 Å². The molecule has 144 valence electrons. The lowest BCUT2D eigenvalue weighted by atomic mass is 10.0. The maximum absolute atomic E-state index is 12.4. The van der Waals surface area contributed by atoms with Crippen molar-refractivity contribution in [3.63, 3.8) is 0 Å². The van der Waals surface area contributed by atoms with Gasteiger partial charge in [0.1, 0.15) is 0 Å². The number of likely N-dealkylation sites (tertiary alicyclic amines) is 1. The van der Waals surface area contributed by atoms with Gasteiger partial charge in [-0.15, -0.1) is 0 Å². The van der Waals surface area contributed by atoms with Crippen molar-refractivity contribution in [3.05, 3.63) is 52.9 Å². The van der Waals surface area contributed by atoms with Crippen molar-refractivity contribution < 1.29 is 9.47 Å². The van der Waals surface area contributed by atoms with Crippen molar-refractivity contribution in [1.82, 2.24) is 14.5 Å². The fourth-order valence-electron chi connectivity index (χ4n) is 3.94. The summed E-state index contributed by atoms with van der Waals surface area (Å²) in [4.78, 5) is 17.5. The molecule has 8 heteroatoms. The van der Waals surface area contributed by atoms with Gasteiger partial charge in [0.25, 0.3) is 0 Å². The number of nitrogens with one attached hydrogen (secondary N) is 2. The van der Waals surface area contributed by atoms with E-state index in [0.717, 1.165) is 54.2 Å². The molecule has 0 aliphatic carbocycles. The summed E-state index contributed by atoms with van der Waals surface area (Å²) >= 11 is 5.59. The van der Waals surface area contributed by atoms with Crippen LogP contribution in [0.2, 0.25) is 0 Å². The van der Waals surface area contributed by atoms with Crippen molar-refractivity contribution in [2.24, 2.45) is 0 Å². The monoisotopic (exact) mass is 396 g/mol. The van der Waals surface area contributed by atoms with Crippen LogP contribution in [0.25, 0.3) is 11.0 Å². The van der Waals surface area contributed by atoms with Gasteiger partial charge in [-0.05, 0) is 49.3 Å². The highest BCUT2D eigenvalue weighted by Gasteiger charge is 2.25. The third-order valence-corrected chi connectivity index (χ3v) is 5.72. The SMILES string of the molecule is O=c1[nH]c2ccccc2n1C1CCN(C(=S)Nc2ccc3c(c2)OCO3)CC1. The Kier molecular flexibility index (Phi) is 4.20. The molecule has 0 amide bonds. The van der Waals surface area contributed by atoms with Gasteiger partial charge >= 0.3 is 5.69 Å². The highest BCUT2D eigenvalue weighted by Crippen LogP contribution is 2.34. The number of hydrogen-bond donors (Lipinski definition) is 2. The Morgan fingerprint density at radius 3 is 2.75 bits per heavy atom. The van der Waals surface area contributed by atoms with Crippen LogP contribution in [0.1, 0.15) is 18.9 Å². The number of fused-ring (bicyclic) bond motifs is 2. The first kappa shape index (κ1) is 17.1. The lowest BCUT2D eigenvalue weighted by molar-refractivity contribution is 0.174. The first-order chi connectivity index (χ1) is 13.7. The molecule has 2 N–H and O–H groups in total. The smallest absolute Gasteiger partial charge is 0.326 e. The van der Waals surface area contributed by atoms with Crippen molar-refractivity contribution in [2.75, 3.05) is 25.2 Å². The van der Waals surface area contributed by atoms with Gasteiger partial charge in [0.05, 0.1) is 11.0 Å². The fraction of sp³-hybridized carbons (Fsp3) is 0.300. The fourth-order valence-corrected chi connectivity index (χ4v) is 4.24. The van der Waals surface area contributed by atoms with Crippen LogP contribution in [-0.2, 0) is 0 Å². The zero-order chi connectivity index (χ0) is 19.1. The topological polar surface area (TPSA) is 71.5 Å². The summed E-state index contributed by atoms with van der Waals surface area (Å²) in [5.41, 5.74) is 2.69. The molecule has 7 nitrogen and oxygen atoms in total. The minimum Gasteiger partial charge on any atom is -0.454 e. The average molecular weight is 396 g/mol. The number of benzene rings is 2. The van der Waals surface area contributed by atoms with Crippen molar-refractivity contribution in [2.45, 2.75) is 18.9 Å². The number of imidazole rings is 1. The van der Waals surface area contributed by atoms with E-state index in [2.05, 4.69) is 15.2 Å². The summed E-state index contributed by atoms with van der Waals surface area (Å²) in [5.74, 6) is 1.48. The summed E-state index contributed by atoms with van der Waals surface area (Å²) < 4.78 is 12.6. The van der Waals surface area contributed by atoms with Crippen LogP contribution in [0.4, 0.5) is 5.69 Å². The molecule has 2 aliphatic heterocycles. The van der Waals surface area contributed by atoms with E-state index in [1.807, 2.05) is 47.0 Å². The molecule has 3 aromatic rings. The van der Waals surface area contributed by atoms with E-state index in [1.54, 1.807) is 0 Å². The van der Waals surface area contributed by atoms with Crippen LogP contribution >= 0.6 is 12.2 Å². The number of thiocarbonyl (C=S) groups is 1. The Bertz CT molecular complexity index is 1100. The second-order valence-electron chi connectivity index (χ2n) is 7.03. The van der Waals surface area contributed by atoms with Gasteiger partial charge in [-0.25, -0.2) is 4.79 Å². The second-order valence-corrected chi connectivity index (χ2v) is 7.42. The summed E-state index contributed by atoms with van der Waals surface area (Å²) in [6.45, 7) is 1.85. The van der Waals surface area contributed by atoms with Gasteiger partial charge < -0.3 is 24.7 Å². The molecule has 0 bridgehead atoms. The maximum Gasteiger partial charge on any atom is 0.326 e. The third-order valence-electron chi connectivity index (χ3n) is 5.36. The van der Waals surface area contributed by atoms with E-state index in [0.29, 0.717) is 5.11 Å². The predicted octanol–water partition coefficient (Wildman–Crippen LogP) is 3.09. The van der Waals surface area contributed by atoms with Crippen LogP contribution in [0, 0.1) is 0 Å². The van der Waals surface area contributed by atoms with Gasteiger partial charge in [0, 0.05) is 30.9 Å². The van der Waals surface area contributed by atoms with Crippen LogP contribution in [0.5, 0.6) is 11.5 Å². The summed E-state index contributed by atoms with van der Waals surface area (Å²) in [5, 5.41) is 3.96. The number of aromatic nitrogens is 2. The van der Waals surface area contributed by atoms with Crippen molar-refractivity contribution in [3.8, 4) is 11.5 Å². The highest BCUT2D eigenvalue weighted by atomic mass is 32.1. The van der Waals surface area contributed by atoms with E-state index < -0.39 is 0 Å². The number of ether oxygens (including phenoxy) is 2. The number of H-pyrrole nitrogens is 1. The Hall–Kier alpha value is -3.00. The number of hydrogen-bond acceptors (Lipinski definition) is 4. The molecule has 1 fully saturated rings. The van der Waals surface area contributed by atoms with Crippen LogP contribution in [0.3, 0.4) is 0 Å². The predicted molar refractivity (Wildman–Crippen MR) is 111 cm³/mol. The maximum atomic E-state index is 12.4. The van der Waals surface area contributed by atoms with E-state index in [4.69, 9.17) is 21.7 Å². The average Bonchev–Trinajstić information content (AvgIpc) is 3.31. The normalized spacial score (nSPS) is 16.5. The number of para-hydroxylation sites is 2.